The summed E-state index contributed by atoms with van der Waals surface area (Å²) in [5.41, 5.74) is 0. The van der Waals surface area contributed by atoms with Gasteiger partial charge < -0.3 is 9.47 Å². The van der Waals surface area contributed by atoms with Crippen LogP contribution >= 0.6 is 31.9 Å². The van der Waals surface area contributed by atoms with Crippen molar-refractivity contribution in [2.75, 3.05) is 13.2 Å². The number of halogens is 2. The van der Waals surface area contributed by atoms with Crippen molar-refractivity contribution < 1.29 is 14.3 Å². The van der Waals surface area contributed by atoms with E-state index in [0.29, 0.717) is 54.5 Å². The van der Waals surface area contributed by atoms with Gasteiger partial charge in [-0.15, -0.1) is 0 Å². The molecule has 0 amide bonds. The van der Waals surface area contributed by atoms with Crippen LogP contribution in [0.25, 0.3) is 0 Å². The van der Waals surface area contributed by atoms with Crippen LogP contribution in [0.2, 0.25) is 0 Å². The van der Waals surface area contributed by atoms with Crippen LogP contribution in [0.15, 0.2) is 0 Å². The van der Waals surface area contributed by atoms with Crippen molar-refractivity contribution in [3.8, 4) is 0 Å². The molecule has 0 aromatic rings. The van der Waals surface area contributed by atoms with Crippen LogP contribution in [-0.2, 0) is 14.3 Å². The van der Waals surface area contributed by atoms with Crippen LogP contribution in [0.1, 0.15) is 6.42 Å². The van der Waals surface area contributed by atoms with Crippen LogP contribution in [-0.4, -0.2) is 33.4 Å². The summed E-state index contributed by atoms with van der Waals surface area (Å²) in [6.45, 7) is 1.41. The molecule has 0 aromatic carbocycles. The van der Waals surface area contributed by atoms with Crippen LogP contribution < -0.4 is 0 Å². The average molecular weight is 376 g/mol. The standard InChI is InChI=1S/C13H12Br2O3/c14-11-5(16)3-4-6(11)9-8(11)10-7(4)13(12(9,10)15)17-1-2-18-13/h4,6-10H,1-3H2. The fourth-order valence-corrected chi connectivity index (χ4v) is 9.74. The Balaban J connectivity index is 1.57. The van der Waals surface area contributed by atoms with Gasteiger partial charge in [-0.1, -0.05) is 31.9 Å². The zero-order valence-electron chi connectivity index (χ0n) is 9.57. The fourth-order valence-electron chi connectivity index (χ4n) is 6.75. The molecule has 8 atom stereocenters. The molecule has 7 saturated carbocycles. The van der Waals surface area contributed by atoms with E-state index in [0.717, 1.165) is 6.42 Å². The first-order valence-corrected chi connectivity index (χ1v) is 8.36. The molecule has 3 nitrogen and oxygen atoms in total. The molecule has 0 radical (unpaired) electrons. The van der Waals surface area contributed by atoms with Crippen molar-refractivity contribution in [2.45, 2.75) is 20.9 Å². The van der Waals surface area contributed by atoms with Gasteiger partial charge in [0.1, 0.15) is 5.78 Å². The van der Waals surface area contributed by atoms with Crippen molar-refractivity contribution in [1.29, 1.82) is 0 Å². The maximum atomic E-state index is 12.3. The second-order valence-corrected chi connectivity index (χ2v) is 9.44. The second kappa shape index (κ2) is 2.42. The van der Waals surface area contributed by atoms with E-state index in [2.05, 4.69) is 31.9 Å². The first-order valence-electron chi connectivity index (χ1n) is 6.77. The SMILES string of the molecule is O=C1CC2C3C4C(C5C2C2(OCCO2)C45Br)C13Br. The van der Waals surface area contributed by atoms with Crippen LogP contribution in [0.4, 0.5) is 0 Å². The Labute approximate surface area is 121 Å². The van der Waals surface area contributed by atoms with Crippen molar-refractivity contribution in [3.05, 3.63) is 0 Å². The van der Waals surface area contributed by atoms with Gasteiger partial charge in [-0.25, -0.2) is 0 Å². The molecule has 8 aliphatic rings. The molecule has 96 valence electrons. The molecular formula is C13H12Br2O3. The molecule has 1 heterocycles. The number of carbonyl (C=O) groups is 1. The van der Waals surface area contributed by atoms with E-state index >= 15 is 0 Å². The number of Topliss-reactive ketones (excluding diaryl/α,β-unsaturated/α-hetero) is 1. The van der Waals surface area contributed by atoms with E-state index in [4.69, 9.17) is 9.47 Å². The van der Waals surface area contributed by atoms with Crippen molar-refractivity contribution in [1.82, 2.24) is 0 Å². The van der Waals surface area contributed by atoms with Gasteiger partial charge in [0.25, 0.3) is 0 Å². The molecule has 0 N–H and O–H groups in total. The summed E-state index contributed by atoms with van der Waals surface area (Å²) in [7, 11) is 0. The summed E-state index contributed by atoms with van der Waals surface area (Å²) in [6.07, 6.45) is 0.738. The van der Waals surface area contributed by atoms with Gasteiger partial charge in [0.2, 0.25) is 0 Å². The summed E-state index contributed by atoms with van der Waals surface area (Å²) in [5, 5.41) is 0. The Morgan fingerprint density at radius 1 is 1.00 bits per heavy atom. The highest BCUT2D eigenvalue weighted by molar-refractivity contribution is 9.10. The van der Waals surface area contributed by atoms with E-state index in [1.807, 2.05) is 0 Å². The third kappa shape index (κ3) is 0.587. The third-order valence-corrected chi connectivity index (χ3v) is 10.1. The molecule has 0 aromatic heterocycles. The number of hydrogen-bond acceptors (Lipinski definition) is 3. The van der Waals surface area contributed by atoms with E-state index in [9.17, 15) is 4.79 Å². The lowest BCUT2D eigenvalue weighted by molar-refractivity contribution is -0.448. The number of rotatable bonds is 0. The molecule has 7 aliphatic carbocycles. The molecule has 1 aliphatic heterocycles. The number of carbonyl (C=O) groups excluding carboxylic acids is 1. The van der Waals surface area contributed by atoms with Crippen molar-refractivity contribution in [3.63, 3.8) is 0 Å². The molecule has 1 saturated heterocycles. The van der Waals surface area contributed by atoms with Gasteiger partial charge in [0.05, 0.1) is 21.9 Å². The molecule has 8 rings (SSSR count). The summed E-state index contributed by atoms with van der Waals surface area (Å²) in [6, 6.07) is 0. The third-order valence-electron chi connectivity index (χ3n) is 6.95. The number of alkyl halides is 2. The molecule has 8 fully saturated rings. The van der Waals surface area contributed by atoms with Gasteiger partial charge in [0.15, 0.2) is 5.79 Å². The fraction of sp³-hybridized carbons (Fsp3) is 0.923. The van der Waals surface area contributed by atoms with Crippen LogP contribution in [0, 0.1) is 35.5 Å². The number of ketones is 1. The van der Waals surface area contributed by atoms with E-state index < -0.39 is 0 Å². The monoisotopic (exact) mass is 374 g/mol. The first-order chi connectivity index (χ1) is 8.58. The Morgan fingerprint density at radius 2 is 1.67 bits per heavy atom. The minimum atomic E-state index is -0.390. The number of hydrogen-bond donors (Lipinski definition) is 0. The van der Waals surface area contributed by atoms with E-state index in [1.165, 1.54) is 0 Å². The lowest BCUT2D eigenvalue weighted by atomic mass is 9.21. The van der Waals surface area contributed by atoms with Crippen LogP contribution in [0.5, 0.6) is 0 Å². The highest BCUT2D eigenvalue weighted by atomic mass is 79.9. The van der Waals surface area contributed by atoms with Crippen molar-refractivity contribution >= 4 is 37.6 Å². The summed E-state index contributed by atoms with van der Waals surface area (Å²) in [4.78, 5) is 12.3. The second-order valence-electron chi connectivity index (χ2n) is 6.82. The quantitative estimate of drug-likeness (QED) is 0.605. The van der Waals surface area contributed by atoms with E-state index in [1.54, 1.807) is 0 Å². The maximum Gasteiger partial charge on any atom is 0.187 e. The summed E-state index contributed by atoms with van der Waals surface area (Å²) >= 11 is 7.78. The zero-order valence-corrected chi connectivity index (χ0v) is 12.7. The normalized spacial score (nSPS) is 71.8. The molecule has 8 unspecified atom stereocenters. The van der Waals surface area contributed by atoms with Gasteiger partial charge in [-0.3, -0.25) is 4.79 Å². The lowest BCUT2D eigenvalue weighted by Crippen LogP contribution is -2.98. The minimum Gasteiger partial charge on any atom is -0.346 e. The van der Waals surface area contributed by atoms with Gasteiger partial charge in [0, 0.05) is 12.3 Å². The summed E-state index contributed by atoms with van der Waals surface area (Å²) in [5.74, 6) is 3.24. The topological polar surface area (TPSA) is 35.5 Å². The van der Waals surface area contributed by atoms with Crippen LogP contribution in [0.3, 0.4) is 0 Å². The predicted octanol–water partition coefficient (Wildman–Crippen LogP) is 1.72. The first kappa shape index (κ1) is 10.3. The highest BCUT2D eigenvalue weighted by Gasteiger charge is 3.01. The Kier molecular flexibility index (Phi) is 1.39. The predicted molar refractivity (Wildman–Crippen MR) is 68.5 cm³/mol. The van der Waals surface area contributed by atoms with Gasteiger partial charge >= 0.3 is 0 Å². The van der Waals surface area contributed by atoms with E-state index in [-0.39, 0.29) is 14.4 Å². The average Bonchev–Trinajstić information content (AvgIpc) is 2.90. The Bertz CT molecular complexity index is 522. The summed E-state index contributed by atoms with van der Waals surface area (Å²) < 4.78 is 11.9. The lowest BCUT2D eigenvalue weighted by Gasteiger charge is -2.90. The zero-order chi connectivity index (χ0) is 12.1. The molecule has 18 heavy (non-hydrogen) atoms. The number of ether oxygens (including phenoxy) is 2. The maximum absolute atomic E-state index is 12.3. The molecular weight excluding hydrogens is 364 g/mol. The molecule has 5 heteroatoms. The van der Waals surface area contributed by atoms with Gasteiger partial charge in [-0.05, 0) is 29.6 Å². The Morgan fingerprint density at radius 3 is 2.33 bits per heavy atom. The minimum absolute atomic E-state index is 0.0227. The van der Waals surface area contributed by atoms with Gasteiger partial charge in [-0.2, -0.15) is 0 Å². The van der Waals surface area contributed by atoms with Crippen molar-refractivity contribution in [2.24, 2.45) is 35.5 Å². The smallest absolute Gasteiger partial charge is 0.187 e. The molecule has 6 bridgehead atoms. The largest absolute Gasteiger partial charge is 0.346 e. The molecule has 1 spiro atoms. The highest BCUT2D eigenvalue weighted by Crippen LogP contribution is 2.94. The Hall–Kier alpha value is 0.550.